The van der Waals surface area contributed by atoms with Gasteiger partial charge in [0.1, 0.15) is 11.8 Å². The van der Waals surface area contributed by atoms with Crippen LogP contribution in [0.4, 0.5) is 0 Å². The van der Waals surface area contributed by atoms with E-state index in [0.29, 0.717) is 19.4 Å². The zero-order chi connectivity index (χ0) is 12.5. The number of carbonyl (C=O) groups is 2. The largest absolute Gasteiger partial charge is 0.329 e. The lowest BCUT2D eigenvalue weighted by Gasteiger charge is -2.38. The van der Waals surface area contributed by atoms with Crippen LogP contribution in [0.1, 0.15) is 25.7 Å². The number of likely N-dealkylation sites (tertiary alicyclic amines) is 1. The van der Waals surface area contributed by atoms with Crippen molar-refractivity contribution in [3.8, 4) is 0 Å². The first kappa shape index (κ1) is 12.6. The lowest BCUT2D eigenvalue weighted by molar-refractivity contribution is -0.135. The molecule has 0 bridgehead atoms. The Morgan fingerprint density at radius 2 is 2.47 bits per heavy atom. The van der Waals surface area contributed by atoms with Crippen LogP contribution in [0.3, 0.4) is 0 Å². The SMILES string of the molecule is C=C(Br)CCN1C(=O)C[C@@H]2C=CCC[C@@]21C=O. The van der Waals surface area contributed by atoms with Gasteiger partial charge in [0, 0.05) is 18.9 Å². The van der Waals surface area contributed by atoms with Gasteiger partial charge in [0.15, 0.2) is 0 Å². The molecule has 2 atom stereocenters. The summed E-state index contributed by atoms with van der Waals surface area (Å²) in [4.78, 5) is 25.3. The van der Waals surface area contributed by atoms with Crippen LogP contribution in [-0.2, 0) is 9.59 Å². The maximum Gasteiger partial charge on any atom is 0.224 e. The van der Waals surface area contributed by atoms with Gasteiger partial charge in [0.2, 0.25) is 5.91 Å². The number of halogens is 1. The van der Waals surface area contributed by atoms with Crippen LogP contribution in [-0.4, -0.2) is 29.2 Å². The molecular formula is C13H16BrNO2. The molecule has 0 aromatic rings. The molecule has 3 nitrogen and oxygen atoms in total. The van der Waals surface area contributed by atoms with Gasteiger partial charge in [-0.2, -0.15) is 0 Å². The van der Waals surface area contributed by atoms with Crippen molar-refractivity contribution in [1.82, 2.24) is 4.90 Å². The molecule has 1 amide bonds. The predicted molar refractivity (Wildman–Crippen MR) is 69.7 cm³/mol. The molecule has 2 rings (SSSR count). The van der Waals surface area contributed by atoms with Crippen LogP contribution in [0.5, 0.6) is 0 Å². The maximum atomic E-state index is 12.0. The number of allylic oxidation sites excluding steroid dienone is 1. The highest BCUT2D eigenvalue weighted by Crippen LogP contribution is 2.41. The fraction of sp³-hybridized carbons (Fsp3) is 0.538. The summed E-state index contributed by atoms with van der Waals surface area (Å²) in [7, 11) is 0. The Kier molecular flexibility index (Phi) is 3.52. The van der Waals surface area contributed by atoms with Gasteiger partial charge >= 0.3 is 0 Å². The topological polar surface area (TPSA) is 37.4 Å². The van der Waals surface area contributed by atoms with E-state index in [-0.39, 0.29) is 11.8 Å². The zero-order valence-electron chi connectivity index (χ0n) is 9.69. The van der Waals surface area contributed by atoms with Crippen molar-refractivity contribution >= 4 is 28.1 Å². The summed E-state index contributed by atoms with van der Waals surface area (Å²) >= 11 is 3.29. The van der Waals surface area contributed by atoms with Crippen molar-refractivity contribution in [2.45, 2.75) is 31.2 Å². The Labute approximate surface area is 110 Å². The highest BCUT2D eigenvalue weighted by Gasteiger charge is 2.51. The van der Waals surface area contributed by atoms with E-state index in [9.17, 15) is 9.59 Å². The molecule has 1 saturated heterocycles. The van der Waals surface area contributed by atoms with E-state index in [1.165, 1.54) is 0 Å². The van der Waals surface area contributed by atoms with Crippen molar-refractivity contribution in [3.05, 3.63) is 23.2 Å². The number of hydrogen-bond donors (Lipinski definition) is 0. The quantitative estimate of drug-likeness (QED) is 0.590. The predicted octanol–water partition coefficient (Wildman–Crippen LogP) is 2.42. The minimum Gasteiger partial charge on any atom is -0.329 e. The van der Waals surface area contributed by atoms with Crippen LogP contribution in [0.25, 0.3) is 0 Å². The fourth-order valence-corrected chi connectivity index (χ4v) is 2.99. The number of hydrogen-bond acceptors (Lipinski definition) is 2. The van der Waals surface area contributed by atoms with Crippen molar-refractivity contribution in [2.75, 3.05) is 6.54 Å². The monoisotopic (exact) mass is 297 g/mol. The molecule has 1 fully saturated rings. The second-order valence-corrected chi connectivity index (χ2v) is 5.82. The number of aldehydes is 1. The van der Waals surface area contributed by atoms with E-state index in [4.69, 9.17) is 0 Å². The molecule has 1 heterocycles. The molecule has 0 aromatic heterocycles. The first-order valence-electron chi connectivity index (χ1n) is 5.87. The minimum absolute atomic E-state index is 0.0600. The zero-order valence-corrected chi connectivity index (χ0v) is 11.3. The summed E-state index contributed by atoms with van der Waals surface area (Å²) in [5.41, 5.74) is -0.589. The smallest absolute Gasteiger partial charge is 0.224 e. The molecule has 1 aliphatic carbocycles. The van der Waals surface area contributed by atoms with Gasteiger partial charge in [-0.3, -0.25) is 4.79 Å². The van der Waals surface area contributed by atoms with E-state index in [1.807, 2.05) is 6.08 Å². The molecular weight excluding hydrogens is 282 g/mol. The Balaban J connectivity index is 2.23. The number of fused-ring (bicyclic) bond motifs is 1. The number of amides is 1. The molecule has 92 valence electrons. The molecule has 0 unspecified atom stereocenters. The molecule has 2 aliphatic rings. The lowest BCUT2D eigenvalue weighted by atomic mass is 9.78. The number of nitrogens with zero attached hydrogens (tertiary/aromatic N) is 1. The normalized spacial score (nSPS) is 31.5. The summed E-state index contributed by atoms with van der Waals surface area (Å²) in [6.07, 6.45) is 7.85. The Hall–Kier alpha value is -0.900. The third kappa shape index (κ3) is 2.10. The molecule has 0 N–H and O–H groups in total. The fourth-order valence-electron chi connectivity index (χ4n) is 2.81. The van der Waals surface area contributed by atoms with Gasteiger partial charge in [-0.1, -0.05) is 34.7 Å². The molecule has 0 radical (unpaired) electrons. The molecule has 17 heavy (non-hydrogen) atoms. The van der Waals surface area contributed by atoms with Gasteiger partial charge < -0.3 is 9.69 Å². The number of carbonyl (C=O) groups excluding carboxylic acids is 2. The highest BCUT2D eigenvalue weighted by molar-refractivity contribution is 9.11. The van der Waals surface area contributed by atoms with Gasteiger partial charge in [-0.25, -0.2) is 0 Å². The van der Waals surface area contributed by atoms with Gasteiger partial charge in [-0.15, -0.1) is 0 Å². The average molecular weight is 298 g/mol. The first-order valence-corrected chi connectivity index (χ1v) is 6.66. The summed E-state index contributed by atoms with van der Waals surface area (Å²) in [5, 5.41) is 0. The summed E-state index contributed by atoms with van der Waals surface area (Å²) in [6, 6.07) is 0. The summed E-state index contributed by atoms with van der Waals surface area (Å²) in [6.45, 7) is 4.35. The van der Waals surface area contributed by atoms with E-state index < -0.39 is 5.54 Å². The Morgan fingerprint density at radius 3 is 3.12 bits per heavy atom. The van der Waals surface area contributed by atoms with Crippen LogP contribution < -0.4 is 0 Å². The lowest BCUT2D eigenvalue weighted by Crippen LogP contribution is -2.51. The van der Waals surface area contributed by atoms with Gasteiger partial charge in [-0.05, 0) is 23.7 Å². The van der Waals surface area contributed by atoms with E-state index in [2.05, 4.69) is 28.6 Å². The van der Waals surface area contributed by atoms with Gasteiger partial charge in [0.05, 0.1) is 0 Å². The third-order valence-electron chi connectivity index (χ3n) is 3.73. The first-order chi connectivity index (χ1) is 8.10. The van der Waals surface area contributed by atoms with Crippen molar-refractivity contribution in [2.24, 2.45) is 5.92 Å². The summed E-state index contributed by atoms with van der Waals surface area (Å²) in [5.74, 6) is 0.146. The van der Waals surface area contributed by atoms with Gasteiger partial charge in [0.25, 0.3) is 0 Å². The Bertz CT molecular complexity index is 391. The van der Waals surface area contributed by atoms with Crippen LogP contribution in [0.2, 0.25) is 0 Å². The van der Waals surface area contributed by atoms with E-state index in [1.54, 1.807) is 4.90 Å². The van der Waals surface area contributed by atoms with Crippen molar-refractivity contribution < 1.29 is 9.59 Å². The summed E-state index contributed by atoms with van der Waals surface area (Å²) < 4.78 is 0.862. The number of rotatable bonds is 4. The molecule has 0 spiro atoms. The molecule has 0 saturated carbocycles. The van der Waals surface area contributed by atoms with Crippen LogP contribution >= 0.6 is 15.9 Å². The molecule has 0 aromatic carbocycles. The van der Waals surface area contributed by atoms with Crippen molar-refractivity contribution in [1.29, 1.82) is 0 Å². The second kappa shape index (κ2) is 4.77. The van der Waals surface area contributed by atoms with Crippen LogP contribution in [0.15, 0.2) is 23.2 Å². The maximum absolute atomic E-state index is 12.0. The minimum atomic E-state index is -0.589. The van der Waals surface area contributed by atoms with E-state index >= 15 is 0 Å². The highest BCUT2D eigenvalue weighted by atomic mass is 79.9. The van der Waals surface area contributed by atoms with Crippen LogP contribution in [0, 0.1) is 5.92 Å². The van der Waals surface area contributed by atoms with E-state index in [0.717, 1.165) is 23.6 Å². The third-order valence-corrected chi connectivity index (χ3v) is 4.13. The second-order valence-electron chi connectivity index (χ2n) is 4.70. The molecule has 4 heteroatoms. The standard InChI is InChI=1S/C13H16BrNO2/c1-10(14)5-7-15-12(17)8-11-4-2-3-6-13(11,15)9-16/h2,4,9,11H,1,3,5-8H2/t11-,13+/m0/s1. The Morgan fingerprint density at radius 1 is 1.71 bits per heavy atom. The molecule has 1 aliphatic heterocycles. The average Bonchev–Trinajstić information content (AvgIpc) is 2.58. The van der Waals surface area contributed by atoms with Crippen molar-refractivity contribution in [3.63, 3.8) is 0 Å².